The Balaban J connectivity index is 3.43. The molecule has 0 bridgehead atoms. The van der Waals surface area contributed by atoms with Gasteiger partial charge in [0.15, 0.2) is 11.2 Å². The molecule has 0 atom stereocenters. The smallest absolute Gasteiger partial charge is 0.197 e. The number of hydrogen-bond acceptors (Lipinski definition) is 4. The lowest BCUT2D eigenvalue weighted by Gasteiger charge is -2.09. The van der Waals surface area contributed by atoms with Crippen molar-refractivity contribution in [2.45, 2.75) is 19.8 Å². The summed E-state index contributed by atoms with van der Waals surface area (Å²) < 4.78 is 0.691. The van der Waals surface area contributed by atoms with Crippen molar-refractivity contribution in [1.29, 1.82) is 10.7 Å². The lowest BCUT2D eigenvalue weighted by atomic mass is 10.1. The van der Waals surface area contributed by atoms with Gasteiger partial charge in [-0.25, -0.2) is 4.98 Å². The lowest BCUT2D eigenvalue weighted by molar-refractivity contribution is 0.156. The van der Waals surface area contributed by atoms with Gasteiger partial charge in [-0.3, -0.25) is 5.41 Å². The highest BCUT2D eigenvalue weighted by Crippen LogP contribution is 2.09. The van der Waals surface area contributed by atoms with E-state index in [1.807, 2.05) is 13.8 Å². The fraction of sp³-hybridized carbons (Fsp3) is 0.375. The SMILES string of the molecule is CC(C)c1cnc(C#N)c(=N)n1O. The van der Waals surface area contributed by atoms with E-state index < -0.39 is 0 Å². The van der Waals surface area contributed by atoms with Crippen molar-refractivity contribution in [1.82, 2.24) is 9.71 Å². The summed E-state index contributed by atoms with van der Waals surface area (Å²) in [6.45, 7) is 3.74. The maximum atomic E-state index is 9.42. The van der Waals surface area contributed by atoms with Crippen LogP contribution in [0.25, 0.3) is 0 Å². The third-order valence-corrected chi connectivity index (χ3v) is 1.70. The van der Waals surface area contributed by atoms with Crippen LogP contribution in [0.2, 0.25) is 0 Å². The zero-order chi connectivity index (χ0) is 10.0. The van der Waals surface area contributed by atoms with Gasteiger partial charge in [0, 0.05) is 0 Å². The molecule has 0 radical (unpaired) electrons. The first-order chi connectivity index (χ1) is 6.07. The summed E-state index contributed by atoms with van der Waals surface area (Å²) in [7, 11) is 0. The molecule has 0 aliphatic carbocycles. The summed E-state index contributed by atoms with van der Waals surface area (Å²) >= 11 is 0. The molecule has 68 valence electrons. The first-order valence-electron chi connectivity index (χ1n) is 3.83. The molecule has 13 heavy (non-hydrogen) atoms. The van der Waals surface area contributed by atoms with Crippen LogP contribution in [0.15, 0.2) is 6.20 Å². The zero-order valence-corrected chi connectivity index (χ0v) is 7.44. The molecule has 1 aromatic rings. The second kappa shape index (κ2) is 3.27. The highest BCUT2D eigenvalue weighted by Gasteiger charge is 2.08. The van der Waals surface area contributed by atoms with Crippen molar-refractivity contribution in [2.75, 3.05) is 0 Å². The molecule has 0 amide bonds. The third kappa shape index (κ3) is 1.51. The predicted molar refractivity (Wildman–Crippen MR) is 44.1 cm³/mol. The molecule has 0 spiro atoms. The van der Waals surface area contributed by atoms with Crippen LogP contribution in [0.5, 0.6) is 0 Å². The Labute approximate surface area is 75.4 Å². The predicted octanol–water partition coefficient (Wildman–Crippen LogP) is 0.595. The first-order valence-corrected chi connectivity index (χ1v) is 3.83. The van der Waals surface area contributed by atoms with Gasteiger partial charge in [0.1, 0.15) is 6.07 Å². The quantitative estimate of drug-likeness (QED) is 0.617. The lowest BCUT2D eigenvalue weighted by Crippen LogP contribution is -2.25. The maximum absolute atomic E-state index is 9.42. The minimum Gasteiger partial charge on any atom is -0.427 e. The van der Waals surface area contributed by atoms with Crippen LogP contribution in [-0.2, 0) is 0 Å². The van der Waals surface area contributed by atoms with Crippen molar-refractivity contribution in [3.05, 3.63) is 23.1 Å². The van der Waals surface area contributed by atoms with Crippen molar-refractivity contribution >= 4 is 0 Å². The van der Waals surface area contributed by atoms with Gasteiger partial charge in [-0.05, 0) is 5.92 Å². The Morgan fingerprint density at radius 2 is 2.31 bits per heavy atom. The van der Waals surface area contributed by atoms with Crippen molar-refractivity contribution in [2.24, 2.45) is 0 Å². The number of nitrogens with one attached hydrogen (secondary N) is 1. The molecule has 1 rings (SSSR count). The molecule has 1 heterocycles. The minimum absolute atomic E-state index is 0.0642. The van der Waals surface area contributed by atoms with Crippen LogP contribution in [0, 0.1) is 16.7 Å². The van der Waals surface area contributed by atoms with Crippen LogP contribution < -0.4 is 5.49 Å². The maximum Gasteiger partial charge on any atom is 0.197 e. The molecule has 0 aliphatic rings. The molecule has 5 heteroatoms. The monoisotopic (exact) mass is 178 g/mol. The van der Waals surface area contributed by atoms with Gasteiger partial charge in [-0.2, -0.15) is 9.99 Å². The summed E-state index contributed by atoms with van der Waals surface area (Å²) in [4.78, 5) is 3.75. The summed E-state index contributed by atoms with van der Waals surface area (Å²) in [6.07, 6.45) is 1.40. The standard InChI is InChI=1S/C8H10N4O/c1-5(2)7-4-11-6(3-9)8(10)12(7)13/h4-5,10,13H,1-2H3. The Morgan fingerprint density at radius 3 is 2.77 bits per heavy atom. The molecular formula is C8H10N4O. The number of nitrogens with zero attached hydrogens (tertiary/aromatic N) is 3. The van der Waals surface area contributed by atoms with Crippen LogP contribution in [0.3, 0.4) is 0 Å². The van der Waals surface area contributed by atoms with Gasteiger partial charge in [0.25, 0.3) is 0 Å². The van der Waals surface area contributed by atoms with E-state index >= 15 is 0 Å². The summed E-state index contributed by atoms with van der Waals surface area (Å²) in [5.41, 5.74) is 0.171. The third-order valence-electron chi connectivity index (χ3n) is 1.70. The Bertz CT molecular complexity index is 413. The molecule has 2 N–H and O–H groups in total. The number of aromatic nitrogens is 2. The largest absolute Gasteiger partial charge is 0.427 e. The van der Waals surface area contributed by atoms with E-state index in [9.17, 15) is 5.21 Å². The number of nitriles is 1. The minimum atomic E-state index is -0.270. The molecule has 0 saturated carbocycles. The molecule has 0 fully saturated rings. The Hall–Kier alpha value is -1.83. The van der Waals surface area contributed by atoms with E-state index in [1.54, 1.807) is 6.07 Å². The van der Waals surface area contributed by atoms with Gasteiger partial charge in [0.2, 0.25) is 0 Å². The normalized spacial score (nSPS) is 10.0. The van der Waals surface area contributed by atoms with Gasteiger partial charge < -0.3 is 5.21 Å². The Morgan fingerprint density at radius 1 is 1.69 bits per heavy atom. The molecule has 5 nitrogen and oxygen atoms in total. The van der Waals surface area contributed by atoms with E-state index in [0.29, 0.717) is 10.4 Å². The highest BCUT2D eigenvalue weighted by atomic mass is 16.5. The molecule has 1 aromatic heterocycles. The van der Waals surface area contributed by atoms with E-state index in [1.165, 1.54) is 6.20 Å². The molecule has 0 aliphatic heterocycles. The Kier molecular flexibility index (Phi) is 2.33. The fourth-order valence-corrected chi connectivity index (χ4v) is 0.951. The van der Waals surface area contributed by atoms with Gasteiger partial charge in [0.05, 0.1) is 11.9 Å². The first kappa shape index (κ1) is 9.26. The van der Waals surface area contributed by atoms with Crippen molar-refractivity contribution in [3.63, 3.8) is 0 Å². The van der Waals surface area contributed by atoms with Crippen LogP contribution >= 0.6 is 0 Å². The van der Waals surface area contributed by atoms with Gasteiger partial charge in [-0.15, -0.1) is 0 Å². The number of rotatable bonds is 1. The second-order valence-electron chi connectivity index (χ2n) is 2.96. The molecular weight excluding hydrogens is 168 g/mol. The van der Waals surface area contributed by atoms with Crippen molar-refractivity contribution < 1.29 is 5.21 Å². The van der Waals surface area contributed by atoms with E-state index in [4.69, 9.17) is 10.7 Å². The number of hydrogen-bond donors (Lipinski definition) is 2. The van der Waals surface area contributed by atoms with E-state index in [2.05, 4.69) is 4.98 Å². The van der Waals surface area contributed by atoms with E-state index in [0.717, 1.165) is 0 Å². The van der Waals surface area contributed by atoms with Gasteiger partial charge in [-0.1, -0.05) is 13.8 Å². The summed E-state index contributed by atoms with van der Waals surface area (Å²) in [5.74, 6) is 0.0642. The average molecular weight is 178 g/mol. The van der Waals surface area contributed by atoms with Crippen LogP contribution in [0.4, 0.5) is 0 Å². The van der Waals surface area contributed by atoms with Gasteiger partial charge >= 0.3 is 0 Å². The topological polar surface area (TPSA) is 85.7 Å². The van der Waals surface area contributed by atoms with Crippen LogP contribution in [-0.4, -0.2) is 14.9 Å². The molecule has 0 aromatic carbocycles. The molecule has 0 saturated heterocycles. The average Bonchev–Trinajstić information content (AvgIpc) is 2.09. The van der Waals surface area contributed by atoms with E-state index in [-0.39, 0.29) is 17.1 Å². The fourth-order valence-electron chi connectivity index (χ4n) is 0.951. The summed E-state index contributed by atoms with van der Waals surface area (Å²) in [6, 6.07) is 1.72. The zero-order valence-electron chi connectivity index (χ0n) is 7.44. The molecule has 0 unspecified atom stereocenters. The second-order valence-corrected chi connectivity index (χ2v) is 2.96. The highest BCUT2D eigenvalue weighted by molar-refractivity contribution is 5.17. The van der Waals surface area contributed by atoms with Crippen LogP contribution in [0.1, 0.15) is 31.2 Å². The van der Waals surface area contributed by atoms with Crippen molar-refractivity contribution in [3.8, 4) is 6.07 Å². The summed E-state index contributed by atoms with van der Waals surface area (Å²) in [5, 5.41) is 25.3.